The molecule has 0 bridgehead atoms. The third-order valence-corrected chi connectivity index (χ3v) is 3.88. The van der Waals surface area contributed by atoms with E-state index >= 15 is 0 Å². The van der Waals surface area contributed by atoms with Gasteiger partial charge >= 0.3 is 0 Å². The van der Waals surface area contributed by atoms with Crippen molar-refractivity contribution in [2.75, 3.05) is 13.7 Å². The Morgan fingerprint density at radius 2 is 2.17 bits per heavy atom. The molecule has 18 heavy (non-hydrogen) atoms. The van der Waals surface area contributed by atoms with Gasteiger partial charge in [0.15, 0.2) is 0 Å². The summed E-state index contributed by atoms with van der Waals surface area (Å²) in [5.74, 6) is 1.10. The first-order valence-electron chi connectivity index (χ1n) is 6.31. The van der Waals surface area contributed by atoms with Crippen LogP contribution < -0.4 is 4.74 Å². The number of hydrogen-bond acceptors (Lipinski definition) is 2. The van der Waals surface area contributed by atoms with Gasteiger partial charge in [-0.25, -0.2) is 0 Å². The summed E-state index contributed by atoms with van der Waals surface area (Å²) in [5.41, 5.74) is 1.14. The van der Waals surface area contributed by atoms with Crippen LogP contribution in [0.3, 0.4) is 0 Å². The van der Waals surface area contributed by atoms with E-state index in [1.54, 1.807) is 7.11 Å². The Kier molecular flexibility index (Phi) is 4.64. The molecule has 1 aliphatic rings. The lowest BCUT2D eigenvalue weighted by molar-refractivity contribution is -0.131. The van der Waals surface area contributed by atoms with Crippen molar-refractivity contribution < 1.29 is 9.53 Å². The quantitative estimate of drug-likeness (QED) is 0.856. The molecule has 1 amide bonds. The van der Waals surface area contributed by atoms with E-state index in [9.17, 15) is 4.79 Å². The molecule has 1 aromatic rings. The van der Waals surface area contributed by atoms with Crippen LogP contribution in [-0.4, -0.2) is 24.5 Å². The third kappa shape index (κ3) is 3.25. The number of likely N-dealkylation sites (tertiary alicyclic amines) is 1. The maximum Gasteiger partial charge on any atom is 0.222 e. The molecular weight excluding hydrogens is 294 g/mol. The first kappa shape index (κ1) is 13.4. The highest BCUT2D eigenvalue weighted by atomic mass is 79.9. The van der Waals surface area contributed by atoms with Gasteiger partial charge in [-0.2, -0.15) is 0 Å². The SMILES string of the molecule is COc1ccc(CN2CCCCCC2=O)cc1Br. The number of carbonyl (C=O) groups is 1. The van der Waals surface area contributed by atoms with E-state index in [0.717, 1.165) is 41.6 Å². The van der Waals surface area contributed by atoms with Gasteiger partial charge in [0.05, 0.1) is 11.6 Å². The summed E-state index contributed by atoms with van der Waals surface area (Å²) in [4.78, 5) is 13.9. The minimum absolute atomic E-state index is 0.277. The predicted molar refractivity (Wildman–Crippen MR) is 74.6 cm³/mol. The van der Waals surface area contributed by atoms with E-state index in [0.29, 0.717) is 13.0 Å². The normalized spacial score (nSPS) is 16.6. The molecule has 1 heterocycles. The summed E-state index contributed by atoms with van der Waals surface area (Å²) in [6.07, 6.45) is 4.00. The molecule has 1 aliphatic heterocycles. The van der Waals surface area contributed by atoms with Gasteiger partial charge in [0.25, 0.3) is 0 Å². The van der Waals surface area contributed by atoms with Crippen LogP contribution in [0.1, 0.15) is 31.2 Å². The van der Waals surface area contributed by atoms with Crippen LogP contribution in [0.4, 0.5) is 0 Å². The molecule has 0 spiro atoms. The lowest BCUT2D eigenvalue weighted by Crippen LogP contribution is -2.29. The second-order valence-electron chi connectivity index (χ2n) is 4.59. The number of hydrogen-bond donors (Lipinski definition) is 0. The molecule has 0 aliphatic carbocycles. The number of methoxy groups -OCH3 is 1. The Hall–Kier alpha value is -1.03. The van der Waals surface area contributed by atoms with Gasteiger partial charge in [0, 0.05) is 19.5 Å². The number of halogens is 1. The van der Waals surface area contributed by atoms with Crippen LogP contribution in [0.15, 0.2) is 22.7 Å². The van der Waals surface area contributed by atoms with E-state index < -0.39 is 0 Å². The molecule has 0 radical (unpaired) electrons. The van der Waals surface area contributed by atoms with Crippen LogP contribution in [0.5, 0.6) is 5.75 Å². The van der Waals surface area contributed by atoms with E-state index in [2.05, 4.69) is 15.9 Å². The molecule has 0 unspecified atom stereocenters. The van der Waals surface area contributed by atoms with Gasteiger partial charge < -0.3 is 9.64 Å². The highest BCUT2D eigenvalue weighted by Crippen LogP contribution is 2.26. The zero-order chi connectivity index (χ0) is 13.0. The molecule has 0 atom stereocenters. The Labute approximate surface area is 116 Å². The Morgan fingerprint density at radius 1 is 1.33 bits per heavy atom. The highest BCUT2D eigenvalue weighted by molar-refractivity contribution is 9.10. The van der Waals surface area contributed by atoms with Crippen molar-refractivity contribution in [3.63, 3.8) is 0 Å². The summed E-state index contributed by atoms with van der Waals surface area (Å²) < 4.78 is 6.14. The van der Waals surface area contributed by atoms with Crippen LogP contribution in [0.2, 0.25) is 0 Å². The van der Waals surface area contributed by atoms with Crippen molar-refractivity contribution in [2.24, 2.45) is 0 Å². The largest absolute Gasteiger partial charge is 0.496 e. The minimum atomic E-state index is 0.277. The first-order chi connectivity index (χ1) is 8.70. The van der Waals surface area contributed by atoms with Crippen molar-refractivity contribution in [1.29, 1.82) is 0 Å². The summed E-state index contributed by atoms with van der Waals surface area (Å²) in [6.45, 7) is 1.57. The van der Waals surface area contributed by atoms with Crippen LogP contribution in [0.25, 0.3) is 0 Å². The van der Waals surface area contributed by atoms with Crippen LogP contribution in [0, 0.1) is 0 Å². The van der Waals surface area contributed by atoms with Gasteiger partial charge in [-0.15, -0.1) is 0 Å². The summed E-state index contributed by atoms with van der Waals surface area (Å²) >= 11 is 3.47. The van der Waals surface area contributed by atoms with E-state index in [-0.39, 0.29) is 5.91 Å². The van der Waals surface area contributed by atoms with Gasteiger partial charge in [0.2, 0.25) is 5.91 Å². The van der Waals surface area contributed by atoms with Crippen molar-refractivity contribution in [2.45, 2.75) is 32.2 Å². The van der Waals surface area contributed by atoms with Crippen LogP contribution >= 0.6 is 15.9 Å². The lowest BCUT2D eigenvalue weighted by atomic mass is 10.2. The third-order valence-electron chi connectivity index (χ3n) is 3.26. The molecule has 1 aromatic carbocycles. The standard InChI is InChI=1S/C14H18BrNO2/c1-18-13-7-6-11(9-12(13)15)10-16-8-4-2-3-5-14(16)17/h6-7,9H,2-5,8,10H2,1H3. The lowest BCUT2D eigenvalue weighted by Gasteiger charge is -2.20. The topological polar surface area (TPSA) is 29.5 Å². The van der Waals surface area contributed by atoms with Crippen LogP contribution in [-0.2, 0) is 11.3 Å². The predicted octanol–water partition coefficient (Wildman–Crippen LogP) is 3.36. The number of amides is 1. The zero-order valence-electron chi connectivity index (χ0n) is 10.6. The van der Waals surface area contributed by atoms with Gasteiger partial charge in [-0.3, -0.25) is 4.79 Å². The molecule has 1 saturated heterocycles. The highest BCUT2D eigenvalue weighted by Gasteiger charge is 2.16. The molecule has 4 heteroatoms. The monoisotopic (exact) mass is 311 g/mol. The second kappa shape index (κ2) is 6.23. The average Bonchev–Trinajstić information content (AvgIpc) is 2.55. The van der Waals surface area contributed by atoms with Gasteiger partial charge in [0.1, 0.15) is 5.75 Å². The Morgan fingerprint density at radius 3 is 2.89 bits per heavy atom. The average molecular weight is 312 g/mol. The molecule has 98 valence electrons. The molecule has 0 aromatic heterocycles. The Bertz CT molecular complexity index is 434. The van der Waals surface area contributed by atoms with Gasteiger partial charge in [-0.1, -0.05) is 12.5 Å². The van der Waals surface area contributed by atoms with Gasteiger partial charge in [-0.05, 0) is 46.5 Å². The van der Waals surface area contributed by atoms with Crippen molar-refractivity contribution in [1.82, 2.24) is 4.90 Å². The smallest absolute Gasteiger partial charge is 0.222 e. The molecule has 3 nitrogen and oxygen atoms in total. The number of benzene rings is 1. The molecular formula is C14H18BrNO2. The molecule has 2 rings (SSSR count). The summed E-state index contributed by atoms with van der Waals surface area (Å²) in [5, 5.41) is 0. The second-order valence-corrected chi connectivity index (χ2v) is 5.45. The number of ether oxygens (including phenoxy) is 1. The van der Waals surface area contributed by atoms with Crippen molar-refractivity contribution >= 4 is 21.8 Å². The molecule has 0 N–H and O–H groups in total. The van der Waals surface area contributed by atoms with E-state index in [1.807, 2.05) is 23.1 Å². The Balaban J connectivity index is 2.08. The number of rotatable bonds is 3. The summed E-state index contributed by atoms with van der Waals surface area (Å²) in [6, 6.07) is 5.97. The number of nitrogens with zero attached hydrogens (tertiary/aromatic N) is 1. The number of carbonyl (C=O) groups excluding carboxylic acids is 1. The van der Waals surface area contributed by atoms with Crippen molar-refractivity contribution in [3.05, 3.63) is 28.2 Å². The zero-order valence-corrected chi connectivity index (χ0v) is 12.2. The maximum absolute atomic E-state index is 11.9. The molecule has 1 fully saturated rings. The fraction of sp³-hybridized carbons (Fsp3) is 0.500. The van der Waals surface area contributed by atoms with E-state index in [1.165, 1.54) is 0 Å². The summed E-state index contributed by atoms with van der Waals surface area (Å²) in [7, 11) is 1.65. The first-order valence-corrected chi connectivity index (χ1v) is 7.10. The minimum Gasteiger partial charge on any atom is -0.496 e. The fourth-order valence-electron chi connectivity index (χ4n) is 2.23. The molecule has 0 saturated carbocycles. The fourth-order valence-corrected chi connectivity index (χ4v) is 2.82. The van der Waals surface area contributed by atoms with Crippen molar-refractivity contribution in [3.8, 4) is 5.75 Å². The maximum atomic E-state index is 11.9. The van der Waals surface area contributed by atoms with E-state index in [4.69, 9.17) is 4.74 Å².